The molecule has 2 fully saturated rings. The first-order valence-electron chi connectivity index (χ1n) is 10.9. The number of unbranched alkanes of at least 4 members (excludes halogenated alkanes) is 2. The zero-order valence-electron chi connectivity index (χ0n) is 17.1. The third-order valence-corrected chi connectivity index (χ3v) is 6.51. The average Bonchev–Trinajstić information content (AvgIpc) is 3.20. The molecule has 0 radical (unpaired) electrons. The summed E-state index contributed by atoms with van der Waals surface area (Å²) in [6.07, 6.45) is 17.5. The Morgan fingerprint density at radius 2 is 1.84 bits per heavy atom. The van der Waals surface area contributed by atoms with Crippen molar-refractivity contribution >= 4 is 5.97 Å². The molecule has 0 amide bonds. The van der Waals surface area contributed by atoms with Crippen molar-refractivity contribution in [1.82, 2.24) is 0 Å². The number of hydrogen-bond acceptors (Lipinski definition) is 2. The third kappa shape index (κ3) is 5.86. The summed E-state index contributed by atoms with van der Waals surface area (Å²) in [4.78, 5) is 12.8. The van der Waals surface area contributed by atoms with Gasteiger partial charge in [0.2, 0.25) is 0 Å². The summed E-state index contributed by atoms with van der Waals surface area (Å²) in [6.45, 7) is 8.69. The molecule has 2 aliphatic carbocycles. The van der Waals surface area contributed by atoms with Crippen LogP contribution >= 0.6 is 0 Å². The molecule has 0 spiro atoms. The Balaban J connectivity index is 1.82. The predicted molar refractivity (Wildman–Crippen MR) is 105 cm³/mol. The second-order valence-electron chi connectivity index (χ2n) is 8.98. The number of carbonyl (C=O) groups excluding carboxylic acids is 1. The van der Waals surface area contributed by atoms with E-state index in [-0.39, 0.29) is 17.5 Å². The summed E-state index contributed by atoms with van der Waals surface area (Å²) in [5, 5.41) is 0. The molecule has 0 aromatic rings. The summed E-state index contributed by atoms with van der Waals surface area (Å²) < 4.78 is 6.13. The summed E-state index contributed by atoms with van der Waals surface area (Å²) in [7, 11) is 0. The summed E-state index contributed by atoms with van der Waals surface area (Å²) in [5.74, 6) is 2.42. The fraction of sp³-hybridized carbons (Fsp3) is 0.870. The Morgan fingerprint density at radius 3 is 2.44 bits per heavy atom. The van der Waals surface area contributed by atoms with Crippen LogP contribution in [0.5, 0.6) is 0 Å². The second kappa shape index (κ2) is 9.78. The van der Waals surface area contributed by atoms with Crippen molar-refractivity contribution in [2.45, 2.75) is 104 Å². The molecule has 0 heterocycles. The van der Waals surface area contributed by atoms with E-state index in [2.05, 4.69) is 39.8 Å². The highest BCUT2D eigenvalue weighted by atomic mass is 16.6. The predicted octanol–water partition coefficient (Wildman–Crippen LogP) is 6.69. The van der Waals surface area contributed by atoms with E-state index in [9.17, 15) is 4.79 Å². The first kappa shape index (κ1) is 20.5. The quantitative estimate of drug-likeness (QED) is 0.236. The van der Waals surface area contributed by atoms with Crippen LogP contribution in [-0.2, 0) is 9.53 Å². The van der Waals surface area contributed by atoms with Gasteiger partial charge in [0.1, 0.15) is 5.60 Å². The fourth-order valence-electron chi connectivity index (χ4n) is 5.13. The van der Waals surface area contributed by atoms with Gasteiger partial charge in [-0.2, -0.15) is 0 Å². The SMILES string of the molecule is CCC/C=C/CCCC(CCC)C(=O)OC(C)(C)C1CC2CCC1C2. The van der Waals surface area contributed by atoms with Gasteiger partial charge in [0, 0.05) is 5.92 Å². The van der Waals surface area contributed by atoms with Crippen LogP contribution in [0.3, 0.4) is 0 Å². The second-order valence-corrected chi connectivity index (χ2v) is 8.98. The number of carbonyl (C=O) groups is 1. The van der Waals surface area contributed by atoms with Crippen molar-refractivity contribution in [3.63, 3.8) is 0 Å². The van der Waals surface area contributed by atoms with Crippen molar-refractivity contribution in [3.8, 4) is 0 Å². The molecule has 2 rings (SSSR count). The summed E-state index contributed by atoms with van der Waals surface area (Å²) in [5.41, 5.74) is -0.288. The molecule has 0 aromatic heterocycles. The molecule has 0 aliphatic heterocycles. The average molecular weight is 349 g/mol. The topological polar surface area (TPSA) is 26.3 Å². The molecule has 0 aromatic carbocycles. The van der Waals surface area contributed by atoms with Gasteiger partial charge in [-0.3, -0.25) is 4.79 Å². The van der Waals surface area contributed by atoms with Gasteiger partial charge in [0.15, 0.2) is 0 Å². The zero-order valence-corrected chi connectivity index (χ0v) is 17.1. The first-order valence-corrected chi connectivity index (χ1v) is 10.9. The van der Waals surface area contributed by atoms with Crippen LogP contribution in [0.4, 0.5) is 0 Å². The minimum atomic E-state index is -0.288. The fourth-order valence-corrected chi connectivity index (χ4v) is 5.13. The van der Waals surface area contributed by atoms with Gasteiger partial charge in [0.25, 0.3) is 0 Å². The number of hydrogen-bond donors (Lipinski definition) is 0. The standard InChI is InChI=1S/C23H40O2/c1-5-7-8-9-10-11-13-19(12-6-2)22(24)25-23(3,4)21-17-18-14-15-20(21)16-18/h8-9,18-21H,5-7,10-17H2,1-4H3/b9-8+. The van der Waals surface area contributed by atoms with E-state index >= 15 is 0 Å². The van der Waals surface area contributed by atoms with Gasteiger partial charge in [-0.05, 0) is 77.0 Å². The van der Waals surface area contributed by atoms with E-state index in [0.29, 0.717) is 5.92 Å². The maximum atomic E-state index is 12.8. The highest BCUT2D eigenvalue weighted by Gasteiger charge is 2.48. The van der Waals surface area contributed by atoms with Crippen molar-refractivity contribution < 1.29 is 9.53 Å². The van der Waals surface area contributed by atoms with Gasteiger partial charge in [-0.1, -0.05) is 45.3 Å². The lowest BCUT2D eigenvalue weighted by atomic mass is 9.78. The Labute approximate surface area is 155 Å². The van der Waals surface area contributed by atoms with Crippen LogP contribution in [0.2, 0.25) is 0 Å². The lowest BCUT2D eigenvalue weighted by Crippen LogP contribution is -2.41. The first-order chi connectivity index (χ1) is 12.0. The van der Waals surface area contributed by atoms with Crippen molar-refractivity contribution in [2.75, 3.05) is 0 Å². The zero-order chi connectivity index (χ0) is 18.3. The van der Waals surface area contributed by atoms with E-state index in [1.807, 2.05) is 0 Å². The van der Waals surface area contributed by atoms with Crippen LogP contribution in [0, 0.1) is 23.7 Å². The van der Waals surface area contributed by atoms with Crippen molar-refractivity contribution in [2.24, 2.45) is 23.7 Å². The maximum absolute atomic E-state index is 12.8. The molecule has 4 atom stereocenters. The number of rotatable bonds is 11. The van der Waals surface area contributed by atoms with Crippen LogP contribution in [-0.4, -0.2) is 11.6 Å². The van der Waals surface area contributed by atoms with Crippen molar-refractivity contribution in [1.29, 1.82) is 0 Å². The van der Waals surface area contributed by atoms with E-state index in [4.69, 9.17) is 4.74 Å². The highest BCUT2D eigenvalue weighted by Crippen LogP contribution is 2.53. The molecule has 0 saturated heterocycles. The van der Waals surface area contributed by atoms with E-state index in [1.54, 1.807) is 0 Å². The minimum Gasteiger partial charge on any atom is -0.459 e. The molecule has 2 bridgehead atoms. The highest BCUT2D eigenvalue weighted by molar-refractivity contribution is 5.72. The normalized spacial score (nSPS) is 27.1. The monoisotopic (exact) mass is 348 g/mol. The van der Waals surface area contributed by atoms with Crippen LogP contribution < -0.4 is 0 Å². The van der Waals surface area contributed by atoms with E-state index in [1.165, 1.54) is 32.1 Å². The Hall–Kier alpha value is -0.790. The van der Waals surface area contributed by atoms with E-state index < -0.39 is 0 Å². The van der Waals surface area contributed by atoms with Gasteiger partial charge >= 0.3 is 5.97 Å². The lowest BCUT2D eigenvalue weighted by Gasteiger charge is -2.37. The van der Waals surface area contributed by atoms with Gasteiger partial charge in [-0.25, -0.2) is 0 Å². The lowest BCUT2D eigenvalue weighted by molar-refractivity contribution is -0.169. The van der Waals surface area contributed by atoms with Crippen LogP contribution in [0.25, 0.3) is 0 Å². The van der Waals surface area contributed by atoms with Crippen LogP contribution in [0.1, 0.15) is 98.3 Å². The molecule has 25 heavy (non-hydrogen) atoms. The van der Waals surface area contributed by atoms with Crippen molar-refractivity contribution in [3.05, 3.63) is 12.2 Å². The largest absolute Gasteiger partial charge is 0.459 e. The minimum absolute atomic E-state index is 0.0622. The number of allylic oxidation sites excluding steroid dienone is 2. The smallest absolute Gasteiger partial charge is 0.309 e. The summed E-state index contributed by atoms with van der Waals surface area (Å²) in [6, 6.07) is 0. The molecule has 144 valence electrons. The Morgan fingerprint density at radius 1 is 1.08 bits per heavy atom. The molecular weight excluding hydrogens is 308 g/mol. The van der Waals surface area contributed by atoms with Gasteiger partial charge in [0.05, 0.1) is 5.92 Å². The number of fused-ring (bicyclic) bond motifs is 2. The number of esters is 1. The molecule has 2 saturated carbocycles. The molecule has 2 aliphatic rings. The molecule has 4 unspecified atom stereocenters. The molecular formula is C23H40O2. The van der Waals surface area contributed by atoms with Crippen LogP contribution in [0.15, 0.2) is 12.2 Å². The molecule has 2 nitrogen and oxygen atoms in total. The Kier molecular flexibility index (Phi) is 8.03. The molecule has 2 heteroatoms. The summed E-state index contributed by atoms with van der Waals surface area (Å²) >= 11 is 0. The third-order valence-electron chi connectivity index (χ3n) is 6.51. The number of ether oxygens (including phenoxy) is 1. The van der Waals surface area contributed by atoms with Gasteiger partial charge < -0.3 is 4.74 Å². The Bertz CT molecular complexity index is 437. The maximum Gasteiger partial charge on any atom is 0.309 e. The molecule has 0 N–H and O–H groups in total. The van der Waals surface area contributed by atoms with Gasteiger partial charge in [-0.15, -0.1) is 0 Å². The van der Waals surface area contributed by atoms with E-state index in [0.717, 1.165) is 50.4 Å².